The topological polar surface area (TPSA) is 32.3 Å². The molecule has 2 N–H and O–H groups in total. The molecule has 1 aliphatic rings. The number of benzene rings is 1. The van der Waals surface area contributed by atoms with Gasteiger partial charge in [0, 0.05) is 6.04 Å². The molecule has 1 aliphatic heterocycles. The van der Waals surface area contributed by atoms with E-state index in [2.05, 4.69) is 37.4 Å². The van der Waals surface area contributed by atoms with Gasteiger partial charge < -0.3 is 10.4 Å². The molecule has 1 heterocycles. The van der Waals surface area contributed by atoms with Crippen LogP contribution in [0.15, 0.2) is 18.2 Å². The van der Waals surface area contributed by atoms with Crippen LogP contribution in [0.5, 0.6) is 0 Å². The molecule has 0 amide bonds. The number of hydrogen-bond acceptors (Lipinski definition) is 2. The van der Waals surface area contributed by atoms with Crippen LogP contribution in [-0.2, 0) is 0 Å². The monoisotopic (exact) mass is 233 g/mol. The fourth-order valence-corrected chi connectivity index (χ4v) is 2.73. The second-order valence-electron chi connectivity index (χ2n) is 5.32. The zero-order valence-electron chi connectivity index (χ0n) is 10.9. The summed E-state index contributed by atoms with van der Waals surface area (Å²) in [6, 6.07) is 6.83. The molecule has 2 unspecified atom stereocenters. The lowest BCUT2D eigenvalue weighted by Gasteiger charge is -2.26. The highest BCUT2D eigenvalue weighted by Crippen LogP contribution is 2.23. The van der Waals surface area contributed by atoms with Crippen molar-refractivity contribution in [2.75, 3.05) is 6.54 Å². The molecular formula is C15H23NO. The van der Waals surface area contributed by atoms with Gasteiger partial charge in [0.05, 0.1) is 6.10 Å². The van der Waals surface area contributed by atoms with Crippen molar-refractivity contribution >= 4 is 0 Å². The van der Waals surface area contributed by atoms with Crippen LogP contribution in [0.3, 0.4) is 0 Å². The lowest BCUT2D eigenvalue weighted by atomic mass is 9.94. The van der Waals surface area contributed by atoms with Gasteiger partial charge in [-0.3, -0.25) is 0 Å². The van der Waals surface area contributed by atoms with Crippen LogP contribution < -0.4 is 5.32 Å². The Balaban J connectivity index is 2.00. The molecular weight excluding hydrogens is 210 g/mol. The van der Waals surface area contributed by atoms with Gasteiger partial charge in [0.1, 0.15) is 0 Å². The molecule has 2 atom stereocenters. The van der Waals surface area contributed by atoms with Gasteiger partial charge in [-0.25, -0.2) is 0 Å². The average molecular weight is 233 g/mol. The molecule has 0 radical (unpaired) electrons. The third kappa shape index (κ3) is 3.55. The van der Waals surface area contributed by atoms with Crippen molar-refractivity contribution in [2.24, 2.45) is 0 Å². The summed E-state index contributed by atoms with van der Waals surface area (Å²) in [5.41, 5.74) is 3.53. The van der Waals surface area contributed by atoms with E-state index >= 15 is 0 Å². The van der Waals surface area contributed by atoms with Crippen LogP contribution in [-0.4, -0.2) is 17.7 Å². The molecule has 0 bridgehead atoms. The lowest BCUT2D eigenvalue weighted by Crippen LogP contribution is -2.35. The van der Waals surface area contributed by atoms with Crippen molar-refractivity contribution in [1.82, 2.24) is 5.32 Å². The maximum atomic E-state index is 10.3. The summed E-state index contributed by atoms with van der Waals surface area (Å²) in [7, 11) is 0. The minimum Gasteiger partial charge on any atom is -0.388 e. The molecule has 1 saturated heterocycles. The first-order valence-electron chi connectivity index (χ1n) is 6.65. The van der Waals surface area contributed by atoms with Gasteiger partial charge in [-0.1, -0.05) is 35.7 Å². The van der Waals surface area contributed by atoms with Crippen molar-refractivity contribution in [2.45, 2.75) is 51.7 Å². The third-order valence-corrected chi connectivity index (χ3v) is 3.55. The number of rotatable bonds is 3. The van der Waals surface area contributed by atoms with Crippen LogP contribution in [0.25, 0.3) is 0 Å². The van der Waals surface area contributed by atoms with Crippen molar-refractivity contribution in [1.29, 1.82) is 0 Å². The maximum absolute atomic E-state index is 10.3. The van der Waals surface area contributed by atoms with Crippen molar-refractivity contribution < 1.29 is 5.11 Å². The Morgan fingerprint density at radius 2 is 1.94 bits per heavy atom. The third-order valence-electron chi connectivity index (χ3n) is 3.55. The predicted octanol–water partition coefficient (Wildman–Crippen LogP) is 2.87. The van der Waals surface area contributed by atoms with Crippen LogP contribution >= 0.6 is 0 Å². The van der Waals surface area contributed by atoms with Crippen molar-refractivity contribution in [3.63, 3.8) is 0 Å². The van der Waals surface area contributed by atoms with E-state index in [9.17, 15) is 5.11 Å². The van der Waals surface area contributed by atoms with E-state index in [1.807, 2.05) is 0 Å². The largest absolute Gasteiger partial charge is 0.388 e. The Morgan fingerprint density at radius 1 is 1.24 bits per heavy atom. The van der Waals surface area contributed by atoms with E-state index in [0.717, 1.165) is 18.5 Å². The van der Waals surface area contributed by atoms with Gasteiger partial charge >= 0.3 is 0 Å². The molecule has 2 rings (SSSR count). The van der Waals surface area contributed by atoms with Gasteiger partial charge in [-0.15, -0.1) is 0 Å². The molecule has 1 fully saturated rings. The van der Waals surface area contributed by atoms with Gasteiger partial charge in [-0.05, 0) is 45.2 Å². The number of hydrogen-bond donors (Lipinski definition) is 2. The fourth-order valence-electron chi connectivity index (χ4n) is 2.73. The zero-order chi connectivity index (χ0) is 12.3. The fraction of sp³-hybridized carbons (Fsp3) is 0.600. The van der Waals surface area contributed by atoms with Crippen LogP contribution in [0.2, 0.25) is 0 Å². The SMILES string of the molecule is Cc1cc(C)cc(C(O)CC2CCCCN2)c1. The number of aryl methyl sites for hydroxylation is 2. The maximum Gasteiger partial charge on any atom is 0.0805 e. The molecule has 0 aromatic heterocycles. The summed E-state index contributed by atoms with van der Waals surface area (Å²) in [4.78, 5) is 0. The number of aliphatic hydroxyl groups is 1. The summed E-state index contributed by atoms with van der Waals surface area (Å²) < 4.78 is 0. The molecule has 1 aromatic carbocycles. The number of aliphatic hydroxyl groups excluding tert-OH is 1. The van der Waals surface area contributed by atoms with E-state index in [1.54, 1.807) is 0 Å². The highest BCUT2D eigenvalue weighted by Gasteiger charge is 2.18. The molecule has 1 aromatic rings. The normalized spacial score (nSPS) is 22.4. The van der Waals surface area contributed by atoms with Gasteiger partial charge in [0.25, 0.3) is 0 Å². The predicted molar refractivity (Wildman–Crippen MR) is 71.1 cm³/mol. The lowest BCUT2D eigenvalue weighted by molar-refractivity contribution is 0.144. The summed E-state index contributed by atoms with van der Waals surface area (Å²) in [6.45, 7) is 5.27. The van der Waals surface area contributed by atoms with E-state index < -0.39 is 0 Å². The summed E-state index contributed by atoms with van der Waals surface area (Å²) >= 11 is 0. The van der Waals surface area contributed by atoms with Crippen molar-refractivity contribution in [3.05, 3.63) is 34.9 Å². The molecule has 0 spiro atoms. The molecule has 0 aliphatic carbocycles. The van der Waals surface area contributed by atoms with E-state index in [-0.39, 0.29) is 6.10 Å². The van der Waals surface area contributed by atoms with E-state index in [4.69, 9.17) is 0 Å². The summed E-state index contributed by atoms with van der Waals surface area (Å²) in [6.07, 6.45) is 4.27. The Morgan fingerprint density at radius 3 is 2.53 bits per heavy atom. The first-order chi connectivity index (χ1) is 8.15. The average Bonchev–Trinajstić information content (AvgIpc) is 2.29. The Bertz CT molecular complexity index is 349. The quantitative estimate of drug-likeness (QED) is 0.841. The minimum absolute atomic E-state index is 0.329. The molecule has 94 valence electrons. The Hall–Kier alpha value is -0.860. The number of nitrogens with one attached hydrogen (secondary N) is 1. The molecule has 2 heteroatoms. The Kier molecular flexibility index (Phi) is 4.19. The minimum atomic E-state index is -0.329. The van der Waals surface area contributed by atoms with Crippen molar-refractivity contribution in [3.8, 4) is 0 Å². The first kappa shape index (κ1) is 12.6. The highest BCUT2D eigenvalue weighted by molar-refractivity contribution is 5.30. The van der Waals surface area contributed by atoms with E-state index in [1.165, 1.54) is 30.4 Å². The van der Waals surface area contributed by atoms with E-state index in [0.29, 0.717) is 6.04 Å². The standard InChI is InChI=1S/C15H23NO/c1-11-7-12(2)9-13(8-11)15(17)10-14-5-3-4-6-16-14/h7-9,14-17H,3-6,10H2,1-2H3. The molecule has 17 heavy (non-hydrogen) atoms. The van der Waals surface area contributed by atoms with Crippen LogP contribution in [0.1, 0.15) is 48.5 Å². The number of piperidine rings is 1. The molecule has 2 nitrogen and oxygen atoms in total. The summed E-state index contributed by atoms with van der Waals surface area (Å²) in [5, 5.41) is 13.8. The first-order valence-corrected chi connectivity index (χ1v) is 6.65. The van der Waals surface area contributed by atoms with Crippen LogP contribution in [0.4, 0.5) is 0 Å². The van der Waals surface area contributed by atoms with Crippen LogP contribution in [0, 0.1) is 13.8 Å². The second kappa shape index (κ2) is 5.65. The second-order valence-corrected chi connectivity index (χ2v) is 5.32. The summed E-state index contributed by atoms with van der Waals surface area (Å²) in [5.74, 6) is 0. The van der Waals surface area contributed by atoms with Gasteiger partial charge in [-0.2, -0.15) is 0 Å². The Labute approximate surface area is 104 Å². The van der Waals surface area contributed by atoms with Gasteiger partial charge in [0.2, 0.25) is 0 Å². The highest BCUT2D eigenvalue weighted by atomic mass is 16.3. The zero-order valence-corrected chi connectivity index (χ0v) is 10.9. The van der Waals surface area contributed by atoms with Gasteiger partial charge in [0.15, 0.2) is 0 Å². The molecule has 0 saturated carbocycles. The smallest absolute Gasteiger partial charge is 0.0805 e.